The number of rotatable bonds is 9. The average molecular weight is 513 g/mol. The number of benzene rings is 1. The van der Waals surface area contributed by atoms with Crippen molar-refractivity contribution in [3.05, 3.63) is 57.8 Å². The minimum absolute atomic E-state index is 0.0351. The molecule has 7 nitrogen and oxygen atoms in total. The number of nitrogens with zero attached hydrogens (tertiary/aromatic N) is 2. The molecule has 2 amide bonds. The first-order chi connectivity index (χ1) is 17.4. The van der Waals surface area contributed by atoms with Gasteiger partial charge in [0.1, 0.15) is 6.04 Å². The minimum Gasteiger partial charge on any atom is -0.383 e. The van der Waals surface area contributed by atoms with Gasteiger partial charge in [-0.1, -0.05) is 35.9 Å². The second-order valence-corrected chi connectivity index (χ2v) is 11.2. The van der Waals surface area contributed by atoms with Crippen LogP contribution >= 0.6 is 11.3 Å². The Morgan fingerprint density at radius 2 is 1.89 bits per heavy atom. The highest BCUT2D eigenvalue weighted by Gasteiger charge is 2.39. The zero-order chi connectivity index (χ0) is 25.5. The predicted octanol–water partition coefficient (Wildman–Crippen LogP) is 3.56. The molecule has 1 saturated heterocycles. The van der Waals surface area contributed by atoms with Crippen LogP contribution in [0.3, 0.4) is 0 Å². The third-order valence-electron chi connectivity index (χ3n) is 7.59. The molecule has 1 aliphatic carbocycles. The maximum absolute atomic E-state index is 13.6. The SMILES string of the molecule is COCCN(Cc1ccc(C)cc1)C1CCN(C(=O)c2cccs2)[C@@H](C(=O)NC2CCC(N)CC2)C1. The molecule has 3 N–H and O–H groups in total. The highest BCUT2D eigenvalue weighted by atomic mass is 32.1. The summed E-state index contributed by atoms with van der Waals surface area (Å²) >= 11 is 1.43. The van der Waals surface area contributed by atoms with Crippen LogP contribution < -0.4 is 11.1 Å². The molecule has 2 fully saturated rings. The van der Waals surface area contributed by atoms with Gasteiger partial charge in [-0.3, -0.25) is 14.5 Å². The largest absolute Gasteiger partial charge is 0.383 e. The molecule has 4 rings (SSSR count). The number of aryl methyl sites for hydroxylation is 1. The highest BCUT2D eigenvalue weighted by molar-refractivity contribution is 7.12. The lowest BCUT2D eigenvalue weighted by molar-refractivity contribution is -0.128. The van der Waals surface area contributed by atoms with E-state index in [1.807, 2.05) is 17.5 Å². The van der Waals surface area contributed by atoms with E-state index in [9.17, 15) is 9.59 Å². The first kappa shape index (κ1) is 26.8. The Morgan fingerprint density at radius 3 is 2.56 bits per heavy atom. The van der Waals surface area contributed by atoms with Crippen LogP contribution in [-0.2, 0) is 16.1 Å². The van der Waals surface area contributed by atoms with Crippen LogP contribution in [0.1, 0.15) is 59.3 Å². The molecule has 2 aliphatic rings. The molecule has 2 heterocycles. The number of hydrogen-bond donors (Lipinski definition) is 2. The summed E-state index contributed by atoms with van der Waals surface area (Å²) in [6.45, 7) is 4.85. The van der Waals surface area contributed by atoms with Crippen molar-refractivity contribution in [3.8, 4) is 0 Å². The van der Waals surface area contributed by atoms with Crippen LogP contribution in [0.15, 0.2) is 41.8 Å². The molecule has 2 atom stereocenters. The topological polar surface area (TPSA) is 87.9 Å². The number of nitrogens with two attached hydrogens (primary N) is 1. The van der Waals surface area contributed by atoms with Crippen molar-refractivity contribution in [1.82, 2.24) is 15.1 Å². The van der Waals surface area contributed by atoms with Gasteiger partial charge in [-0.25, -0.2) is 0 Å². The molecule has 0 radical (unpaired) electrons. The van der Waals surface area contributed by atoms with Crippen molar-refractivity contribution in [2.45, 2.75) is 76.2 Å². The first-order valence-electron chi connectivity index (χ1n) is 13.1. The summed E-state index contributed by atoms with van der Waals surface area (Å²) in [5.41, 5.74) is 8.55. The lowest BCUT2D eigenvalue weighted by Gasteiger charge is -2.43. The van der Waals surface area contributed by atoms with E-state index in [4.69, 9.17) is 10.5 Å². The van der Waals surface area contributed by atoms with Gasteiger partial charge >= 0.3 is 0 Å². The van der Waals surface area contributed by atoms with E-state index in [0.717, 1.165) is 45.2 Å². The monoisotopic (exact) mass is 512 g/mol. The Balaban J connectivity index is 1.51. The summed E-state index contributed by atoms with van der Waals surface area (Å²) < 4.78 is 5.42. The van der Waals surface area contributed by atoms with E-state index in [1.54, 1.807) is 12.0 Å². The van der Waals surface area contributed by atoms with Crippen molar-refractivity contribution in [3.63, 3.8) is 0 Å². The van der Waals surface area contributed by atoms with Crippen molar-refractivity contribution in [2.24, 2.45) is 5.73 Å². The number of ether oxygens (including phenoxy) is 1. The van der Waals surface area contributed by atoms with E-state index in [-0.39, 0.29) is 29.9 Å². The van der Waals surface area contributed by atoms with Gasteiger partial charge in [0.15, 0.2) is 0 Å². The van der Waals surface area contributed by atoms with Crippen LogP contribution in [0.5, 0.6) is 0 Å². The third kappa shape index (κ3) is 6.94. The van der Waals surface area contributed by atoms with E-state index in [2.05, 4.69) is 41.4 Å². The van der Waals surface area contributed by atoms with Crippen molar-refractivity contribution in [2.75, 3.05) is 26.8 Å². The van der Waals surface area contributed by atoms with Crippen molar-refractivity contribution >= 4 is 23.2 Å². The molecule has 0 bridgehead atoms. The van der Waals surface area contributed by atoms with Crippen molar-refractivity contribution in [1.29, 1.82) is 0 Å². The number of likely N-dealkylation sites (tertiary alicyclic amines) is 1. The molecule has 2 aromatic rings. The van der Waals surface area contributed by atoms with Gasteiger partial charge in [0.05, 0.1) is 11.5 Å². The highest BCUT2D eigenvalue weighted by Crippen LogP contribution is 2.27. The third-order valence-corrected chi connectivity index (χ3v) is 8.45. The van der Waals surface area contributed by atoms with Gasteiger partial charge in [-0.05, 0) is 62.5 Å². The number of amides is 2. The minimum atomic E-state index is -0.489. The number of methoxy groups -OCH3 is 1. The molecule has 0 spiro atoms. The Morgan fingerprint density at radius 1 is 1.14 bits per heavy atom. The molecule has 1 aromatic carbocycles. The van der Waals surface area contributed by atoms with Crippen LogP contribution in [-0.4, -0.2) is 72.6 Å². The average Bonchev–Trinajstić information content (AvgIpc) is 3.43. The van der Waals surface area contributed by atoms with Crippen LogP contribution in [0.2, 0.25) is 0 Å². The van der Waals surface area contributed by atoms with Crippen molar-refractivity contribution < 1.29 is 14.3 Å². The summed E-state index contributed by atoms with van der Waals surface area (Å²) in [4.78, 5) is 31.9. The summed E-state index contributed by atoms with van der Waals surface area (Å²) in [5.74, 6) is -0.0802. The zero-order valence-corrected chi connectivity index (χ0v) is 22.3. The maximum Gasteiger partial charge on any atom is 0.264 e. The fraction of sp³-hybridized carbons (Fsp3) is 0.571. The van der Waals surface area contributed by atoms with E-state index < -0.39 is 6.04 Å². The molecule has 1 unspecified atom stereocenters. The summed E-state index contributed by atoms with van der Waals surface area (Å²) in [6.07, 6.45) is 5.10. The predicted molar refractivity (Wildman–Crippen MR) is 144 cm³/mol. The van der Waals surface area contributed by atoms with Crippen LogP contribution in [0.25, 0.3) is 0 Å². The quantitative estimate of drug-likeness (QED) is 0.536. The number of carbonyl (C=O) groups is 2. The molecule has 1 saturated carbocycles. The Labute approximate surface area is 219 Å². The summed E-state index contributed by atoms with van der Waals surface area (Å²) in [7, 11) is 1.72. The molecule has 8 heteroatoms. The van der Waals surface area contributed by atoms with Gasteiger partial charge in [-0.2, -0.15) is 0 Å². The van der Waals surface area contributed by atoms with Gasteiger partial charge in [-0.15, -0.1) is 11.3 Å². The van der Waals surface area contributed by atoms with Gasteiger partial charge in [0, 0.05) is 44.9 Å². The number of piperidine rings is 1. The second kappa shape index (κ2) is 12.8. The smallest absolute Gasteiger partial charge is 0.264 e. The van der Waals surface area contributed by atoms with Crippen LogP contribution in [0, 0.1) is 6.92 Å². The van der Waals surface area contributed by atoms with Gasteiger partial charge in [0.25, 0.3) is 5.91 Å². The molecule has 1 aliphatic heterocycles. The number of thiophene rings is 1. The van der Waals surface area contributed by atoms with Crippen LogP contribution in [0.4, 0.5) is 0 Å². The fourth-order valence-electron chi connectivity index (χ4n) is 5.40. The number of carbonyl (C=O) groups excluding carboxylic acids is 2. The Bertz CT molecular complexity index is 973. The van der Waals surface area contributed by atoms with Gasteiger partial charge in [0.2, 0.25) is 5.91 Å². The fourth-order valence-corrected chi connectivity index (χ4v) is 6.08. The van der Waals surface area contributed by atoms with Gasteiger partial charge < -0.3 is 20.7 Å². The normalized spacial score (nSPS) is 24.6. The number of nitrogens with one attached hydrogen (secondary N) is 1. The number of hydrogen-bond acceptors (Lipinski definition) is 6. The Kier molecular flexibility index (Phi) is 9.53. The standard InChI is InChI=1S/C28H40N4O3S/c1-20-5-7-21(8-6-20)19-31(15-16-35-2)24-13-14-32(28(34)26-4-3-17-36-26)25(18-24)27(33)30-23-11-9-22(29)10-12-23/h3-8,17,22-25H,9-16,18-19,29H2,1-2H3,(H,30,33)/t22?,23?,24?,25-/m1/s1. The summed E-state index contributed by atoms with van der Waals surface area (Å²) in [6, 6.07) is 12.4. The van der Waals surface area contributed by atoms with E-state index >= 15 is 0 Å². The molecule has 1 aromatic heterocycles. The lowest BCUT2D eigenvalue weighted by atomic mass is 9.90. The molecule has 36 heavy (non-hydrogen) atoms. The first-order valence-corrected chi connectivity index (χ1v) is 14.0. The van der Waals surface area contributed by atoms with E-state index in [1.165, 1.54) is 22.5 Å². The molecular formula is C28H40N4O3S. The second-order valence-electron chi connectivity index (χ2n) is 10.2. The lowest BCUT2D eigenvalue weighted by Crippen LogP contribution is -2.58. The Hall–Kier alpha value is -2.26. The molecule has 196 valence electrons. The zero-order valence-electron chi connectivity index (χ0n) is 21.5. The maximum atomic E-state index is 13.6. The van der Waals surface area contributed by atoms with E-state index in [0.29, 0.717) is 24.4 Å². The summed E-state index contributed by atoms with van der Waals surface area (Å²) in [5, 5.41) is 5.18. The molecular weight excluding hydrogens is 472 g/mol.